The van der Waals surface area contributed by atoms with Crippen LogP contribution in [0, 0.1) is 0 Å². The largest absolute Gasteiger partial charge is 0.387 e. The van der Waals surface area contributed by atoms with Gasteiger partial charge in [0.2, 0.25) is 0 Å². The Morgan fingerprint density at radius 3 is 2.93 bits per heavy atom. The van der Waals surface area contributed by atoms with Gasteiger partial charge in [-0.25, -0.2) is 0 Å². The lowest BCUT2D eigenvalue weighted by atomic mass is 10.1. The third-order valence-electron chi connectivity index (χ3n) is 2.51. The van der Waals surface area contributed by atoms with Crippen molar-refractivity contribution in [3.05, 3.63) is 36.0 Å². The van der Waals surface area contributed by atoms with Gasteiger partial charge in [-0.15, -0.1) is 0 Å². The van der Waals surface area contributed by atoms with Gasteiger partial charge in [-0.3, -0.25) is 0 Å². The van der Waals surface area contributed by atoms with Crippen LogP contribution in [0.2, 0.25) is 0 Å². The zero-order chi connectivity index (χ0) is 10.1. The Bertz CT molecular complexity index is 447. The van der Waals surface area contributed by atoms with E-state index in [-0.39, 0.29) is 6.54 Å². The van der Waals surface area contributed by atoms with Crippen molar-refractivity contribution in [3.8, 4) is 0 Å². The molecule has 2 rings (SSSR count). The third kappa shape index (κ3) is 1.31. The van der Waals surface area contributed by atoms with Crippen molar-refractivity contribution in [1.29, 1.82) is 0 Å². The van der Waals surface area contributed by atoms with Crippen LogP contribution in [0.5, 0.6) is 0 Å². The number of hydrogen-bond acceptors (Lipinski definition) is 2. The Morgan fingerprint density at radius 1 is 1.43 bits per heavy atom. The molecule has 0 fully saturated rings. The fraction of sp³-hybridized carbons (Fsp3) is 0.273. The molecule has 1 aromatic carbocycles. The van der Waals surface area contributed by atoms with Crippen molar-refractivity contribution < 1.29 is 5.11 Å². The molecule has 0 unspecified atom stereocenters. The van der Waals surface area contributed by atoms with Crippen molar-refractivity contribution in [2.45, 2.75) is 6.10 Å². The molecule has 0 aliphatic heterocycles. The van der Waals surface area contributed by atoms with E-state index in [1.54, 1.807) is 0 Å². The summed E-state index contributed by atoms with van der Waals surface area (Å²) in [5.41, 5.74) is 7.42. The second kappa shape index (κ2) is 3.44. The Balaban J connectivity index is 2.69. The van der Waals surface area contributed by atoms with E-state index in [9.17, 15) is 5.11 Å². The van der Waals surface area contributed by atoms with Crippen molar-refractivity contribution in [2.75, 3.05) is 6.54 Å². The summed E-state index contributed by atoms with van der Waals surface area (Å²) < 4.78 is 2.00. The first-order chi connectivity index (χ1) is 6.74. The molecule has 0 saturated carbocycles. The predicted octanol–water partition coefficient (Wildman–Crippen LogP) is 1.17. The molecule has 0 aliphatic carbocycles. The van der Waals surface area contributed by atoms with Crippen LogP contribution < -0.4 is 5.73 Å². The van der Waals surface area contributed by atoms with Crippen LogP contribution in [0.4, 0.5) is 0 Å². The maximum Gasteiger partial charge on any atom is 0.0932 e. The molecule has 14 heavy (non-hydrogen) atoms. The molecular weight excluding hydrogens is 176 g/mol. The smallest absolute Gasteiger partial charge is 0.0932 e. The minimum atomic E-state index is -0.577. The van der Waals surface area contributed by atoms with Gasteiger partial charge in [0.15, 0.2) is 0 Å². The van der Waals surface area contributed by atoms with E-state index in [1.165, 1.54) is 0 Å². The maximum absolute atomic E-state index is 9.73. The summed E-state index contributed by atoms with van der Waals surface area (Å²) in [6.45, 7) is 0.254. The lowest BCUT2D eigenvalue weighted by Crippen LogP contribution is -2.12. The molecule has 2 aromatic rings. The van der Waals surface area contributed by atoms with Crippen LogP contribution in [0.15, 0.2) is 30.5 Å². The second-order valence-corrected chi connectivity index (χ2v) is 3.46. The summed E-state index contributed by atoms with van der Waals surface area (Å²) in [6, 6.07) is 7.92. The average molecular weight is 190 g/mol. The van der Waals surface area contributed by atoms with E-state index < -0.39 is 6.10 Å². The number of aryl methyl sites for hydroxylation is 1. The van der Waals surface area contributed by atoms with Crippen LogP contribution >= 0.6 is 0 Å². The number of hydrogen-bond donors (Lipinski definition) is 2. The first-order valence-electron chi connectivity index (χ1n) is 4.66. The number of nitrogens with two attached hydrogens (primary N) is 1. The van der Waals surface area contributed by atoms with Gasteiger partial charge in [-0.2, -0.15) is 0 Å². The van der Waals surface area contributed by atoms with E-state index in [0.29, 0.717) is 0 Å². The van der Waals surface area contributed by atoms with Gasteiger partial charge in [0.05, 0.1) is 11.6 Å². The first-order valence-corrected chi connectivity index (χ1v) is 4.66. The quantitative estimate of drug-likeness (QED) is 0.747. The summed E-state index contributed by atoms with van der Waals surface area (Å²) >= 11 is 0. The predicted molar refractivity (Wildman–Crippen MR) is 56.9 cm³/mol. The highest BCUT2D eigenvalue weighted by atomic mass is 16.3. The lowest BCUT2D eigenvalue weighted by molar-refractivity contribution is 0.188. The van der Waals surface area contributed by atoms with Gasteiger partial charge in [0.1, 0.15) is 0 Å². The third-order valence-corrected chi connectivity index (χ3v) is 2.51. The molecule has 3 N–H and O–H groups in total. The number of fused-ring (bicyclic) bond motifs is 1. The van der Waals surface area contributed by atoms with Gasteiger partial charge < -0.3 is 15.4 Å². The molecule has 0 saturated heterocycles. The van der Waals surface area contributed by atoms with Crippen LogP contribution in [0.1, 0.15) is 11.7 Å². The molecule has 0 aliphatic rings. The standard InChI is InChI=1S/C11H14N2O/c1-13-6-5-8-3-2-4-9(11(8)13)10(14)7-12/h2-6,10,14H,7,12H2,1H3/t10-/m1/s1. The zero-order valence-electron chi connectivity index (χ0n) is 8.14. The van der Waals surface area contributed by atoms with Crippen molar-refractivity contribution in [2.24, 2.45) is 12.8 Å². The highest BCUT2D eigenvalue weighted by Crippen LogP contribution is 2.24. The molecular formula is C11H14N2O. The molecule has 1 aromatic heterocycles. The Morgan fingerprint density at radius 2 is 2.21 bits per heavy atom. The van der Waals surface area contributed by atoms with Gasteiger partial charge in [0, 0.05) is 25.4 Å². The van der Waals surface area contributed by atoms with Crippen molar-refractivity contribution >= 4 is 10.9 Å². The Hall–Kier alpha value is -1.32. The maximum atomic E-state index is 9.73. The number of nitrogens with zero attached hydrogens (tertiary/aromatic N) is 1. The number of aromatic nitrogens is 1. The SMILES string of the molecule is Cn1ccc2cccc([C@H](O)CN)c21. The molecule has 3 nitrogen and oxygen atoms in total. The van der Waals surface area contributed by atoms with Crippen molar-refractivity contribution in [1.82, 2.24) is 4.57 Å². The van der Waals surface area contributed by atoms with Crippen LogP contribution in [-0.4, -0.2) is 16.2 Å². The van der Waals surface area contributed by atoms with Crippen LogP contribution in [-0.2, 0) is 7.05 Å². The molecule has 74 valence electrons. The molecule has 0 spiro atoms. The van der Waals surface area contributed by atoms with E-state index >= 15 is 0 Å². The number of aliphatic hydroxyl groups is 1. The van der Waals surface area contributed by atoms with Crippen LogP contribution in [0.3, 0.4) is 0 Å². The minimum absolute atomic E-state index is 0.254. The number of rotatable bonds is 2. The number of aliphatic hydroxyl groups excluding tert-OH is 1. The minimum Gasteiger partial charge on any atom is -0.387 e. The monoisotopic (exact) mass is 190 g/mol. The van der Waals surface area contributed by atoms with Crippen LogP contribution in [0.25, 0.3) is 10.9 Å². The summed E-state index contributed by atoms with van der Waals surface area (Å²) in [5, 5.41) is 10.9. The van der Waals surface area contributed by atoms with Crippen molar-refractivity contribution in [3.63, 3.8) is 0 Å². The van der Waals surface area contributed by atoms with E-state index in [2.05, 4.69) is 0 Å². The molecule has 0 radical (unpaired) electrons. The summed E-state index contributed by atoms with van der Waals surface area (Å²) in [4.78, 5) is 0. The first kappa shape index (κ1) is 9.24. The van der Waals surface area contributed by atoms with Gasteiger partial charge in [-0.1, -0.05) is 18.2 Å². The molecule has 1 atom stereocenters. The van der Waals surface area contributed by atoms with E-state index in [1.807, 2.05) is 42.1 Å². The summed E-state index contributed by atoms with van der Waals surface area (Å²) in [5.74, 6) is 0. The zero-order valence-corrected chi connectivity index (χ0v) is 8.14. The van der Waals surface area contributed by atoms with E-state index in [0.717, 1.165) is 16.5 Å². The normalized spacial score (nSPS) is 13.4. The summed E-state index contributed by atoms with van der Waals surface area (Å²) in [7, 11) is 1.97. The van der Waals surface area contributed by atoms with E-state index in [4.69, 9.17) is 5.73 Å². The molecule has 3 heteroatoms. The topological polar surface area (TPSA) is 51.2 Å². The second-order valence-electron chi connectivity index (χ2n) is 3.46. The Kier molecular flexibility index (Phi) is 2.27. The fourth-order valence-electron chi connectivity index (χ4n) is 1.78. The highest BCUT2D eigenvalue weighted by molar-refractivity contribution is 5.83. The number of benzene rings is 1. The van der Waals surface area contributed by atoms with Gasteiger partial charge in [0.25, 0.3) is 0 Å². The number of para-hydroxylation sites is 1. The lowest BCUT2D eigenvalue weighted by Gasteiger charge is -2.10. The highest BCUT2D eigenvalue weighted by Gasteiger charge is 2.10. The molecule has 0 bridgehead atoms. The Labute approximate surface area is 82.8 Å². The fourth-order valence-corrected chi connectivity index (χ4v) is 1.78. The molecule has 0 amide bonds. The summed E-state index contributed by atoms with van der Waals surface area (Å²) in [6.07, 6.45) is 1.41. The van der Waals surface area contributed by atoms with Gasteiger partial charge >= 0.3 is 0 Å². The van der Waals surface area contributed by atoms with Gasteiger partial charge in [-0.05, 0) is 11.5 Å². The molecule has 1 heterocycles. The average Bonchev–Trinajstić information content (AvgIpc) is 2.59.